The molecule has 2 heterocycles. The number of H-pyrrole nitrogens is 1. The minimum Gasteiger partial charge on any atom is -0.508 e. The second kappa shape index (κ2) is 5.62. The van der Waals surface area contributed by atoms with Gasteiger partial charge in [-0.05, 0) is 36.8 Å². The van der Waals surface area contributed by atoms with E-state index in [1.54, 1.807) is 24.3 Å². The van der Waals surface area contributed by atoms with Gasteiger partial charge in [0.2, 0.25) is 0 Å². The fraction of sp³-hybridized carbons (Fsp3) is 0.0526. The molecular formula is C19H14N2O2S. The lowest BCUT2D eigenvalue weighted by Gasteiger charge is -2.03. The molecule has 0 aliphatic carbocycles. The van der Waals surface area contributed by atoms with Crippen molar-refractivity contribution in [2.75, 3.05) is 0 Å². The van der Waals surface area contributed by atoms with E-state index < -0.39 is 0 Å². The van der Waals surface area contributed by atoms with Crippen LogP contribution in [0.5, 0.6) is 5.75 Å². The number of aromatic hydroxyl groups is 1. The number of rotatable bonds is 2. The molecule has 0 saturated carbocycles. The second-order valence-electron chi connectivity index (χ2n) is 5.54. The van der Waals surface area contributed by atoms with E-state index in [-0.39, 0.29) is 11.3 Å². The van der Waals surface area contributed by atoms with Gasteiger partial charge in [-0.1, -0.05) is 30.3 Å². The summed E-state index contributed by atoms with van der Waals surface area (Å²) in [6, 6.07) is 16.5. The van der Waals surface area contributed by atoms with E-state index in [2.05, 4.69) is 9.97 Å². The van der Waals surface area contributed by atoms with Gasteiger partial charge in [0.25, 0.3) is 5.56 Å². The topological polar surface area (TPSA) is 66.0 Å². The van der Waals surface area contributed by atoms with Crippen LogP contribution in [0.2, 0.25) is 0 Å². The molecule has 2 aromatic carbocycles. The highest BCUT2D eigenvalue weighted by Gasteiger charge is 2.16. The van der Waals surface area contributed by atoms with E-state index in [4.69, 9.17) is 0 Å². The molecule has 24 heavy (non-hydrogen) atoms. The molecule has 5 heteroatoms. The van der Waals surface area contributed by atoms with Gasteiger partial charge in [0.1, 0.15) is 16.4 Å². The van der Waals surface area contributed by atoms with Crippen molar-refractivity contribution in [3.05, 3.63) is 69.8 Å². The molecule has 2 N–H and O–H groups in total. The van der Waals surface area contributed by atoms with Crippen LogP contribution in [0.1, 0.15) is 4.88 Å². The summed E-state index contributed by atoms with van der Waals surface area (Å²) in [5, 5.41) is 10.0. The lowest BCUT2D eigenvalue weighted by atomic mass is 10.0. The summed E-state index contributed by atoms with van der Waals surface area (Å²) in [4.78, 5) is 22.0. The van der Waals surface area contributed by atoms with Crippen molar-refractivity contribution in [2.45, 2.75) is 6.92 Å². The fourth-order valence-electron chi connectivity index (χ4n) is 2.83. The Morgan fingerprint density at radius 3 is 2.42 bits per heavy atom. The summed E-state index contributed by atoms with van der Waals surface area (Å²) in [6.45, 7) is 2.01. The van der Waals surface area contributed by atoms with Gasteiger partial charge in [-0.25, -0.2) is 4.98 Å². The number of benzene rings is 2. The lowest BCUT2D eigenvalue weighted by molar-refractivity contribution is 0.475. The number of phenolic OH excluding ortho intramolecular Hbond substituents is 1. The highest BCUT2D eigenvalue weighted by Crippen LogP contribution is 2.36. The normalized spacial score (nSPS) is 11.0. The Hall–Kier alpha value is -2.92. The zero-order chi connectivity index (χ0) is 16.7. The number of thiophene rings is 1. The highest BCUT2D eigenvalue weighted by molar-refractivity contribution is 7.19. The molecule has 0 amide bonds. The average Bonchev–Trinajstić information content (AvgIpc) is 2.93. The molecule has 0 saturated heterocycles. The number of aryl methyl sites for hydroxylation is 1. The summed E-state index contributed by atoms with van der Waals surface area (Å²) in [6.07, 6.45) is 0. The van der Waals surface area contributed by atoms with Crippen LogP contribution < -0.4 is 5.56 Å². The van der Waals surface area contributed by atoms with E-state index >= 15 is 0 Å². The van der Waals surface area contributed by atoms with E-state index in [1.165, 1.54) is 11.3 Å². The zero-order valence-electron chi connectivity index (χ0n) is 12.9. The first kappa shape index (κ1) is 14.7. The van der Waals surface area contributed by atoms with Gasteiger partial charge in [0, 0.05) is 16.0 Å². The van der Waals surface area contributed by atoms with Gasteiger partial charge in [0.05, 0.1) is 5.39 Å². The number of phenols is 1. The van der Waals surface area contributed by atoms with E-state index in [1.807, 2.05) is 37.3 Å². The fourth-order valence-corrected chi connectivity index (χ4v) is 3.87. The summed E-state index contributed by atoms with van der Waals surface area (Å²) in [5.74, 6) is 0.689. The second-order valence-corrected chi connectivity index (χ2v) is 6.74. The van der Waals surface area contributed by atoms with Crippen LogP contribution in [0.4, 0.5) is 0 Å². The molecule has 0 bridgehead atoms. The first-order valence-corrected chi connectivity index (χ1v) is 8.33. The Labute approximate surface area is 142 Å². The Bertz CT molecular complexity index is 1080. The predicted octanol–water partition coefficient (Wildman–Crippen LogP) is 4.33. The van der Waals surface area contributed by atoms with Crippen LogP contribution in [-0.4, -0.2) is 15.1 Å². The molecule has 0 aliphatic rings. The molecule has 0 radical (unpaired) electrons. The number of aromatic nitrogens is 2. The summed E-state index contributed by atoms with van der Waals surface area (Å²) in [7, 11) is 0. The number of aromatic amines is 1. The number of hydrogen-bond acceptors (Lipinski definition) is 4. The zero-order valence-corrected chi connectivity index (χ0v) is 13.7. The summed E-state index contributed by atoms with van der Waals surface area (Å²) in [5.41, 5.74) is 2.58. The standard InChI is InChI=1S/C19H14N2O2S/c1-11-15(12-5-3-2-4-6-12)16-18(23)20-17(21-19(16)24-11)13-7-9-14(22)10-8-13/h2-10,22H,1H3,(H,20,21,23). The Morgan fingerprint density at radius 1 is 1.00 bits per heavy atom. The van der Waals surface area contributed by atoms with Crippen LogP contribution in [0.3, 0.4) is 0 Å². The molecule has 0 aliphatic heterocycles. The van der Waals surface area contributed by atoms with Crippen molar-refractivity contribution in [3.8, 4) is 28.3 Å². The van der Waals surface area contributed by atoms with Crippen molar-refractivity contribution in [1.29, 1.82) is 0 Å². The lowest BCUT2D eigenvalue weighted by Crippen LogP contribution is -2.09. The molecular weight excluding hydrogens is 320 g/mol. The minimum atomic E-state index is -0.147. The molecule has 4 aromatic rings. The first-order valence-electron chi connectivity index (χ1n) is 7.52. The molecule has 0 fully saturated rings. The number of nitrogens with zero attached hydrogens (tertiary/aromatic N) is 1. The third kappa shape index (κ3) is 2.39. The average molecular weight is 334 g/mol. The van der Waals surface area contributed by atoms with Crippen molar-refractivity contribution in [3.63, 3.8) is 0 Å². The maximum Gasteiger partial charge on any atom is 0.260 e. The minimum absolute atomic E-state index is 0.147. The maximum atomic E-state index is 12.7. The van der Waals surface area contributed by atoms with Gasteiger partial charge in [-0.15, -0.1) is 11.3 Å². The van der Waals surface area contributed by atoms with Crippen LogP contribution in [0, 0.1) is 6.92 Å². The van der Waals surface area contributed by atoms with Crippen molar-refractivity contribution in [1.82, 2.24) is 9.97 Å². The van der Waals surface area contributed by atoms with Crippen LogP contribution in [0.25, 0.3) is 32.7 Å². The monoisotopic (exact) mass is 334 g/mol. The maximum absolute atomic E-state index is 12.7. The molecule has 0 atom stereocenters. The number of nitrogens with one attached hydrogen (secondary N) is 1. The van der Waals surface area contributed by atoms with E-state index in [0.29, 0.717) is 11.2 Å². The van der Waals surface area contributed by atoms with Gasteiger partial charge in [0.15, 0.2) is 0 Å². The third-order valence-electron chi connectivity index (χ3n) is 3.94. The highest BCUT2D eigenvalue weighted by atomic mass is 32.1. The SMILES string of the molecule is Cc1sc2nc(-c3ccc(O)cc3)[nH]c(=O)c2c1-c1ccccc1. The third-order valence-corrected chi connectivity index (χ3v) is 4.94. The predicted molar refractivity (Wildman–Crippen MR) is 97.5 cm³/mol. The van der Waals surface area contributed by atoms with E-state index in [9.17, 15) is 9.90 Å². The smallest absolute Gasteiger partial charge is 0.260 e. The molecule has 118 valence electrons. The molecule has 0 unspecified atom stereocenters. The van der Waals surface area contributed by atoms with Crippen molar-refractivity contribution < 1.29 is 5.11 Å². The number of hydrogen-bond donors (Lipinski definition) is 2. The van der Waals surface area contributed by atoms with Crippen molar-refractivity contribution in [2.24, 2.45) is 0 Å². The van der Waals surface area contributed by atoms with Crippen LogP contribution in [-0.2, 0) is 0 Å². The molecule has 4 nitrogen and oxygen atoms in total. The van der Waals surface area contributed by atoms with Crippen LogP contribution >= 0.6 is 11.3 Å². The first-order chi connectivity index (χ1) is 11.6. The molecule has 4 rings (SSSR count). The summed E-state index contributed by atoms with van der Waals surface area (Å²) < 4.78 is 0. The largest absolute Gasteiger partial charge is 0.508 e. The van der Waals surface area contributed by atoms with Crippen molar-refractivity contribution >= 4 is 21.6 Å². The Balaban J connectivity index is 1.96. The Morgan fingerprint density at radius 2 is 1.71 bits per heavy atom. The Kier molecular flexibility index (Phi) is 3.43. The summed E-state index contributed by atoms with van der Waals surface area (Å²) >= 11 is 1.52. The molecule has 0 spiro atoms. The van der Waals surface area contributed by atoms with Gasteiger partial charge < -0.3 is 10.1 Å². The quantitative estimate of drug-likeness (QED) is 0.573. The van der Waals surface area contributed by atoms with Gasteiger partial charge in [-0.2, -0.15) is 0 Å². The van der Waals surface area contributed by atoms with Gasteiger partial charge in [-0.3, -0.25) is 4.79 Å². The molecule has 2 aromatic heterocycles. The number of fused-ring (bicyclic) bond motifs is 1. The van der Waals surface area contributed by atoms with Crippen LogP contribution in [0.15, 0.2) is 59.4 Å². The van der Waals surface area contributed by atoms with E-state index in [0.717, 1.165) is 26.4 Å². The van der Waals surface area contributed by atoms with Gasteiger partial charge >= 0.3 is 0 Å².